The molecule has 0 radical (unpaired) electrons. The molecule has 1 rings (SSSR count). The largest absolute Gasteiger partial charge is 0.459 e. The lowest BCUT2D eigenvalue weighted by Crippen LogP contribution is -2.15. The van der Waals surface area contributed by atoms with Gasteiger partial charge in [0.25, 0.3) is 6.47 Å². The van der Waals surface area contributed by atoms with Crippen LogP contribution in [0.25, 0.3) is 0 Å². The highest BCUT2D eigenvalue weighted by Gasteiger charge is 2.22. The number of hydrogen-bond donors (Lipinski definition) is 0. The van der Waals surface area contributed by atoms with Crippen molar-refractivity contribution in [3.05, 3.63) is 35.9 Å². The van der Waals surface area contributed by atoms with E-state index in [0.29, 0.717) is 12.4 Å². The number of rotatable bonds is 10. The SMILES string of the molecule is CCCCCCC(CC)C(OC=O)c1ccccc1. The molecule has 2 atom stereocenters. The average Bonchev–Trinajstić information content (AvgIpc) is 2.47. The van der Waals surface area contributed by atoms with Crippen LogP contribution in [-0.2, 0) is 9.53 Å². The van der Waals surface area contributed by atoms with Gasteiger partial charge in [-0.1, -0.05) is 69.9 Å². The zero-order valence-corrected chi connectivity index (χ0v) is 12.2. The first kappa shape index (κ1) is 15.7. The summed E-state index contributed by atoms with van der Waals surface area (Å²) in [7, 11) is 0. The predicted octanol–water partition coefficient (Wildman–Crippen LogP) is 4.90. The summed E-state index contributed by atoms with van der Waals surface area (Å²) in [5.41, 5.74) is 1.11. The van der Waals surface area contributed by atoms with Gasteiger partial charge in [-0.25, -0.2) is 0 Å². The number of benzene rings is 1. The minimum atomic E-state index is -0.0923. The van der Waals surface area contributed by atoms with Crippen LogP contribution in [0.5, 0.6) is 0 Å². The van der Waals surface area contributed by atoms with Gasteiger partial charge in [0.1, 0.15) is 6.10 Å². The molecule has 0 amide bonds. The first-order valence-corrected chi connectivity index (χ1v) is 7.47. The molecule has 106 valence electrons. The maximum Gasteiger partial charge on any atom is 0.293 e. The van der Waals surface area contributed by atoms with E-state index in [1.54, 1.807) is 0 Å². The van der Waals surface area contributed by atoms with E-state index in [0.717, 1.165) is 18.4 Å². The van der Waals surface area contributed by atoms with E-state index in [9.17, 15) is 4.79 Å². The third-order valence-corrected chi connectivity index (χ3v) is 3.71. The van der Waals surface area contributed by atoms with Gasteiger partial charge in [-0.2, -0.15) is 0 Å². The monoisotopic (exact) mass is 262 g/mol. The van der Waals surface area contributed by atoms with Crippen molar-refractivity contribution in [2.75, 3.05) is 0 Å². The number of ether oxygens (including phenoxy) is 1. The minimum absolute atomic E-state index is 0.0923. The Balaban J connectivity index is 2.63. The Kier molecular flexibility index (Phi) is 7.95. The Bertz CT molecular complexity index is 334. The predicted molar refractivity (Wildman–Crippen MR) is 78.9 cm³/mol. The molecule has 0 N–H and O–H groups in total. The summed E-state index contributed by atoms with van der Waals surface area (Å²) in [6, 6.07) is 10.1. The minimum Gasteiger partial charge on any atom is -0.459 e. The van der Waals surface area contributed by atoms with Crippen molar-refractivity contribution in [2.24, 2.45) is 5.92 Å². The molecule has 1 aromatic rings. The van der Waals surface area contributed by atoms with Crippen LogP contribution in [0.2, 0.25) is 0 Å². The van der Waals surface area contributed by atoms with Crippen molar-refractivity contribution in [1.29, 1.82) is 0 Å². The molecule has 0 heterocycles. The molecule has 0 fully saturated rings. The number of hydrogen-bond acceptors (Lipinski definition) is 2. The Hall–Kier alpha value is -1.31. The maximum absolute atomic E-state index is 10.8. The first-order valence-electron chi connectivity index (χ1n) is 7.47. The fourth-order valence-corrected chi connectivity index (χ4v) is 2.57. The van der Waals surface area contributed by atoms with Crippen LogP contribution in [0.1, 0.15) is 64.0 Å². The van der Waals surface area contributed by atoms with Crippen molar-refractivity contribution in [3.8, 4) is 0 Å². The summed E-state index contributed by atoms with van der Waals surface area (Å²) >= 11 is 0. The van der Waals surface area contributed by atoms with Gasteiger partial charge in [-0.05, 0) is 24.3 Å². The van der Waals surface area contributed by atoms with Gasteiger partial charge < -0.3 is 4.74 Å². The molecule has 1 aromatic carbocycles. The highest BCUT2D eigenvalue weighted by Crippen LogP contribution is 2.31. The van der Waals surface area contributed by atoms with Crippen LogP contribution in [0.3, 0.4) is 0 Å². The van der Waals surface area contributed by atoms with Gasteiger partial charge in [0, 0.05) is 0 Å². The van der Waals surface area contributed by atoms with Crippen molar-refractivity contribution < 1.29 is 9.53 Å². The van der Waals surface area contributed by atoms with E-state index >= 15 is 0 Å². The first-order chi connectivity index (χ1) is 9.33. The van der Waals surface area contributed by atoms with Gasteiger partial charge in [0.2, 0.25) is 0 Å². The molecule has 2 unspecified atom stereocenters. The van der Waals surface area contributed by atoms with E-state index in [4.69, 9.17) is 4.74 Å². The van der Waals surface area contributed by atoms with E-state index in [1.165, 1.54) is 25.7 Å². The molecule has 0 saturated heterocycles. The third-order valence-electron chi connectivity index (χ3n) is 3.71. The van der Waals surface area contributed by atoms with Crippen molar-refractivity contribution in [2.45, 2.75) is 58.5 Å². The van der Waals surface area contributed by atoms with Crippen molar-refractivity contribution in [3.63, 3.8) is 0 Å². The molecule has 2 nitrogen and oxygen atoms in total. The van der Waals surface area contributed by atoms with E-state index in [1.807, 2.05) is 30.3 Å². The Morgan fingerprint density at radius 3 is 2.42 bits per heavy atom. The van der Waals surface area contributed by atoms with Crippen LogP contribution >= 0.6 is 0 Å². The lowest BCUT2D eigenvalue weighted by Gasteiger charge is -2.25. The van der Waals surface area contributed by atoms with Gasteiger partial charge in [-0.3, -0.25) is 4.79 Å². The molecule has 0 aromatic heterocycles. The van der Waals surface area contributed by atoms with Crippen molar-refractivity contribution >= 4 is 6.47 Å². The summed E-state index contributed by atoms with van der Waals surface area (Å²) in [6.07, 6.45) is 7.12. The third kappa shape index (κ3) is 5.46. The van der Waals surface area contributed by atoms with Gasteiger partial charge in [-0.15, -0.1) is 0 Å². The Labute approximate surface area is 117 Å². The highest BCUT2D eigenvalue weighted by atomic mass is 16.5. The summed E-state index contributed by atoms with van der Waals surface area (Å²) < 4.78 is 5.36. The van der Waals surface area contributed by atoms with Crippen LogP contribution in [0, 0.1) is 5.92 Å². The fraction of sp³-hybridized carbons (Fsp3) is 0.588. The smallest absolute Gasteiger partial charge is 0.293 e. The van der Waals surface area contributed by atoms with E-state index in [-0.39, 0.29) is 6.10 Å². The standard InChI is InChI=1S/C17H26O2/c1-3-5-6-8-11-15(4-2)17(19-14-18)16-12-9-7-10-13-16/h7,9-10,12-15,17H,3-6,8,11H2,1-2H3. The second-order valence-electron chi connectivity index (χ2n) is 5.08. The fourth-order valence-electron chi connectivity index (χ4n) is 2.57. The van der Waals surface area contributed by atoms with Crippen LogP contribution in [0.4, 0.5) is 0 Å². The number of carbonyl (C=O) groups excluding carboxylic acids is 1. The summed E-state index contributed by atoms with van der Waals surface area (Å²) in [5, 5.41) is 0. The summed E-state index contributed by atoms with van der Waals surface area (Å²) in [4.78, 5) is 10.8. The zero-order chi connectivity index (χ0) is 13.9. The summed E-state index contributed by atoms with van der Waals surface area (Å²) in [5.74, 6) is 0.421. The molecule has 19 heavy (non-hydrogen) atoms. The van der Waals surface area contributed by atoms with Crippen LogP contribution < -0.4 is 0 Å². The van der Waals surface area contributed by atoms with Crippen LogP contribution in [0.15, 0.2) is 30.3 Å². The molecule has 0 saturated carbocycles. The van der Waals surface area contributed by atoms with Crippen LogP contribution in [-0.4, -0.2) is 6.47 Å². The molecule has 0 aliphatic heterocycles. The second-order valence-corrected chi connectivity index (χ2v) is 5.08. The summed E-state index contributed by atoms with van der Waals surface area (Å²) in [6.45, 7) is 4.99. The number of carbonyl (C=O) groups is 1. The zero-order valence-electron chi connectivity index (χ0n) is 12.2. The lowest BCUT2D eigenvalue weighted by molar-refractivity contribution is -0.137. The Morgan fingerprint density at radius 2 is 1.84 bits per heavy atom. The molecular weight excluding hydrogens is 236 g/mol. The topological polar surface area (TPSA) is 26.3 Å². The highest BCUT2D eigenvalue weighted by molar-refractivity contribution is 5.38. The van der Waals surface area contributed by atoms with Gasteiger partial charge >= 0.3 is 0 Å². The van der Waals surface area contributed by atoms with Crippen molar-refractivity contribution in [1.82, 2.24) is 0 Å². The normalized spacial score (nSPS) is 13.8. The number of unbranched alkanes of at least 4 members (excludes halogenated alkanes) is 3. The molecule has 2 heteroatoms. The molecule has 0 spiro atoms. The van der Waals surface area contributed by atoms with E-state index in [2.05, 4.69) is 13.8 Å². The van der Waals surface area contributed by atoms with E-state index < -0.39 is 0 Å². The lowest BCUT2D eigenvalue weighted by atomic mass is 9.88. The Morgan fingerprint density at radius 1 is 1.11 bits per heavy atom. The molecular formula is C17H26O2. The average molecular weight is 262 g/mol. The van der Waals surface area contributed by atoms with Gasteiger partial charge in [0.05, 0.1) is 0 Å². The quantitative estimate of drug-likeness (QED) is 0.443. The van der Waals surface area contributed by atoms with Gasteiger partial charge in [0.15, 0.2) is 0 Å². The molecule has 0 aliphatic carbocycles. The molecule has 0 aliphatic rings. The second kappa shape index (κ2) is 9.60. The molecule has 0 bridgehead atoms. The maximum atomic E-state index is 10.8.